The monoisotopic (exact) mass is 1130 g/mol. The number of rotatable bonds is 14. The third kappa shape index (κ3) is 11.2. The number of esters is 2. The van der Waals surface area contributed by atoms with Gasteiger partial charge in [-0.05, 0) is 116 Å². The molecule has 9 rings (SSSR count). The van der Waals surface area contributed by atoms with Gasteiger partial charge in [-0.25, -0.2) is 19.2 Å². The van der Waals surface area contributed by atoms with Gasteiger partial charge in [-0.1, -0.05) is 0 Å². The summed E-state index contributed by atoms with van der Waals surface area (Å²) in [6.45, 7) is 14.6. The standard InChI is InChI=1S/C55H59N5O20.Na/c1-21-12-16-29(57-21)48(67)77-42-38(63)52(79-54(6,7)44(42)71-10)73-31-18-14-26-36(61)34(50(69)75-40(26)24(31)4)59-46(65)28-20-56-33(23(28)3)47(66)60-35-37(62)27-15-19-32(25(5)41(27)76-51(35)70)74-53-39(64)43(45(72-11)55(8,9)80-53)78-49(68)30-17-13-22(2)58-30;/h12-20,38-39,42-45,52-53,56-58,61-64H,1-11H3,(H,59,65)(H,60,66);/q;+1/t38-,39-,42+,43+,44-,45-,52+,53+;/m1./s1. The smallest absolute Gasteiger partial charge is 0.505 e. The number of aromatic hydroxyl groups is 2. The third-order valence-corrected chi connectivity index (χ3v) is 14.2. The molecule has 7 heterocycles. The molecular formula is C55H59N5NaO20+. The van der Waals surface area contributed by atoms with E-state index in [4.69, 9.17) is 46.7 Å². The van der Waals surface area contributed by atoms with Gasteiger partial charge in [0.25, 0.3) is 11.8 Å². The van der Waals surface area contributed by atoms with Crippen LogP contribution < -0.4 is 60.9 Å². The number of aliphatic hydroxyl groups excluding tert-OH is 2. The van der Waals surface area contributed by atoms with Gasteiger partial charge in [0.1, 0.15) is 52.0 Å². The molecule has 2 amide bonds. The van der Waals surface area contributed by atoms with Crippen LogP contribution in [0.5, 0.6) is 23.0 Å². The number of H-pyrrole nitrogens is 3. The number of aliphatic hydroxyl groups is 2. The molecule has 0 radical (unpaired) electrons. The van der Waals surface area contributed by atoms with Crippen molar-refractivity contribution in [3.63, 3.8) is 0 Å². The predicted molar refractivity (Wildman–Crippen MR) is 281 cm³/mol. The summed E-state index contributed by atoms with van der Waals surface area (Å²) in [5, 5.41) is 50.4. The van der Waals surface area contributed by atoms with Gasteiger partial charge in [-0.2, -0.15) is 0 Å². The van der Waals surface area contributed by atoms with Gasteiger partial charge in [0.05, 0.1) is 27.5 Å². The molecule has 0 saturated carbocycles. The van der Waals surface area contributed by atoms with Crippen molar-refractivity contribution in [3.05, 3.63) is 126 Å². The molecule has 25 nitrogen and oxygen atoms in total. The van der Waals surface area contributed by atoms with E-state index in [1.54, 1.807) is 53.7 Å². The van der Waals surface area contributed by atoms with Crippen molar-refractivity contribution < 1.29 is 116 Å². The average molecular weight is 1130 g/mol. The number of anilines is 2. The van der Waals surface area contributed by atoms with Crippen molar-refractivity contribution in [1.82, 2.24) is 15.0 Å². The van der Waals surface area contributed by atoms with Crippen LogP contribution in [-0.2, 0) is 28.4 Å². The van der Waals surface area contributed by atoms with E-state index >= 15 is 0 Å². The Hall–Kier alpha value is -7.46. The van der Waals surface area contributed by atoms with E-state index < -0.39 is 118 Å². The summed E-state index contributed by atoms with van der Waals surface area (Å²) in [5.41, 5.74) is -4.60. The van der Waals surface area contributed by atoms with Gasteiger partial charge in [0, 0.05) is 42.9 Å². The average Bonchev–Trinajstić information content (AvgIpc) is 4.23. The molecule has 7 aromatic rings. The number of fused-ring (bicyclic) bond motifs is 2. The fourth-order valence-corrected chi connectivity index (χ4v) is 10.0. The van der Waals surface area contributed by atoms with Crippen LogP contribution in [0.1, 0.15) is 97.6 Å². The third-order valence-electron chi connectivity index (χ3n) is 14.2. The Bertz CT molecular complexity index is 3490. The van der Waals surface area contributed by atoms with E-state index in [-0.39, 0.29) is 102 Å². The second-order valence-corrected chi connectivity index (χ2v) is 20.5. The van der Waals surface area contributed by atoms with Crippen molar-refractivity contribution in [2.24, 2.45) is 0 Å². The number of carbonyl (C=O) groups excluding carboxylic acids is 4. The van der Waals surface area contributed by atoms with E-state index in [2.05, 4.69) is 25.6 Å². The number of ether oxygens (including phenoxy) is 8. The molecule has 0 spiro atoms. The molecule has 2 fully saturated rings. The van der Waals surface area contributed by atoms with Gasteiger partial charge >= 0.3 is 52.7 Å². The Labute approximate surface area is 482 Å². The summed E-state index contributed by atoms with van der Waals surface area (Å²) in [4.78, 5) is 89.0. The Morgan fingerprint density at radius 3 is 1.38 bits per heavy atom. The summed E-state index contributed by atoms with van der Waals surface area (Å²) >= 11 is 0. The summed E-state index contributed by atoms with van der Waals surface area (Å²) in [6.07, 6.45) is -9.34. The van der Waals surface area contributed by atoms with Crippen molar-refractivity contribution in [2.75, 3.05) is 24.9 Å². The molecule has 2 saturated heterocycles. The normalized spacial score (nSPS) is 22.1. The number of nitrogens with one attached hydrogen (secondary N) is 5. The Morgan fingerprint density at radius 2 is 1.00 bits per heavy atom. The molecule has 9 N–H and O–H groups in total. The summed E-state index contributed by atoms with van der Waals surface area (Å²) in [6, 6.07) is 11.9. The van der Waals surface area contributed by atoms with E-state index in [0.29, 0.717) is 11.4 Å². The van der Waals surface area contributed by atoms with Crippen molar-refractivity contribution >= 4 is 57.1 Å². The molecular weight excluding hydrogens is 1070 g/mol. The molecule has 0 bridgehead atoms. The minimum atomic E-state index is -1.59. The number of carbonyl (C=O) groups is 4. The van der Waals surface area contributed by atoms with Crippen molar-refractivity contribution in [3.8, 4) is 23.0 Å². The minimum Gasteiger partial charge on any atom is -0.505 e. The first-order chi connectivity index (χ1) is 37.7. The number of hydrogen-bond donors (Lipinski definition) is 9. The van der Waals surface area contributed by atoms with Crippen LogP contribution in [0.25, 0.3) is 21.9 Å². The molecule has 2 aromatic carbocycles. The molecule has 2 aliphatic heterocycles. The van der Waals surface area contributed by atoms with Gasteiger partial charge in [-0.15, -0.1) is 0 Å². The molecule has 81 heavy (non-hydrogen) atoms. The number of aryl methyl sites for hydroxylation is 4. The number of aromatic amines is 3. The summed E-state index contributed by atoms with van der Waals surface area (Å²) in [7, 11) is 2.76. The van der Waals surface area contributed by atoms with Crippen LogP contribution in [-0.4, -0.2) is 134 Å². The van der Waals surface area contributed by atoms with E-state index in [1.807, 2.05) is 0 Å². The number of benzene rings is 2. The maximum absolute atomic E-state index is 13.7. The van der Waals surface area contributed by atoms with Crippen molar-refractivity contribution in [1.29, 1.82) is 0 Å². The molecule has 424 valence electrons. The topological polar surface area (TPSA) is 355 Å². The van der Waals surface area contributed by atoms with Gasteiger partial charge in [0.15, 0.2) is 47.3 Å². The quantitative estimate of drug-likeness (QED) is 0.0429. The van der Waals surface area contributed by atoms with Crippen LogP contribution in [0.15, 0.2) is 73.2 Å². The fourth-order valence-electron chi connectivity index (χ4n) is 10.0. The largest absolute Gasteiger partial charge is 1.00 e. The van der Waals surface area contributed by atoms with Gasteiger partial charge in [-0.3, -0.25) is 9.59 Å². The zero-order valence-corrected chi connectivity index (χ0v) is 48.1. The van der Waals surface area contributed by atoms with E-state index in [0.717, 1.165) is 6.20 Å². The molecule has 26 heteroatoms. The fraction of sp³-hybridized carbons (Fsp3) is 0.382. The van der Waals surface area contributed by atoms with Crippen LogP contribution in [0, 0.1) is 34.6 Å². The summed E-state index contributed by atoms with van der Waals surface area (Å²) in [5.74, 6) is -4.71. The summed E-state index contributed by atoms with van der Waals surface area (Å²) < 4.78 is 58.3. The zero-order chi connectivity index (χ0) is 58.0. The number of hydrogen-bond acceptors (Lipinski definition) is 20. The van der Waals surface area contributed by atoms with Crippen LogP contribution >= 0.6 is 0 Å². The molecule has 0 unspecified atom stereocenters. The second-order valence-electron chi connectivity index (χ2n) is 20.5. The number of amides is 2. The Kier molecular flexibility index (Phi) is 16.8. The first-order valence-corrected chi connectivity index (χ1v) is 25.0. The van der Waals surface area contributed by atoms with Crippen LogP contribution in [0.3, 0.4) is 0 Å². The zero-order valence-electron chi connectivity index (χ0n) is 46.1. The molecule has 2 aliphatic rings. The Morgan fingerprint density at radius 1 is 0.593 bits per heavy atom. The first-order valence-electron chi connectivity index (χ1n) is 25.0. The van der Waals surface area contributed by atoms with Gasteiger partial charge < -0.3 is 92.7 Å². The number of methoxy groups -OCH3 is 2. The van der Waals surface area contributed by atoms with Crippen LogP contribution in [0.2, 0.25) is 0 Å². The molecule has 5 aromatic heterocycles. The van der Waals surface area contributed by atoms with Gasteiger partial charge in [0.2, 0.25) is 12.6 Å². The Balaban J connectivity index is 0.00000860. The minimum absolute atomic E-state index is 0. The maximum atomic E-state index is 13.7. The number of aromatic nitrogens is 3. The van der Waals surface area contributed by atoms with E-state index in [9.17, 15) is 49.2 Å². The maximum Gasteiger partial charge on any atom is 1.00 e. The predicted octanol–water partition coefficient (Wildman–Crippen LogP) is 2.58. The molecule has 0 aliphatic carbocycles. The van der Waals surface area contributed by atoms with Crippen molar-refractivity contribution in [2.45, 2.75) is 123 Å². The molecule has 8 atom stereocenters. The first kappa shape index (κ1) is 59.7. The second kappa shape index (κ2) is 22.8. The van der Waals surface area contributed by atoms with Crippen LogP contribution in [0.4, 0.5) is 11.4 Å². The SMILES string of the molecule is CO[C@@H]1[C@@H](OC(=O)c2ccc(C)[nH]2)[C@@H](O)[C@@H](Oc2ccc3c(O)c(NC(=O)c4c[nH]c(C(=O)Nc5c(O)c6ccc(O[C@H]7OC(C)(C)[C@H](OC)[C@@H](OC(=O)c8ccc(C)[nH]8)[C@H]7O)c(C)c6oc5=O)c4C)c(=O)oc3c2C)OC1(C)C.[Na+]. The van der Waals surface area contributed by atoms with E-state index in [1.165, 1.54) is 71.4 Å².